The van der Waals surface area contributed by atoms with Crippen LogP contribution in [-0.2, 0) is 10.3 Å². The van der Waals surface area contributed by atoms with Crippen LogP contribution < -0.4 is 5.32 Å². The van der Waals surface area contributed by atoms with Crippen LogP contribution in [0.25, 0.3) is 0 Å². The van der Waals surface area contributed by atoms with Gasteiger partial charge in [-0.3, -0.25) is 20.1 Å². The van der Waals surface area contributed by atoms with Crippen molar-refractivity contribution in [1.29, 1.82) is 5.41 Å². The molecule has 1 saturated heterocycles. The zero-order chi connectivity index (χ0) is 16.9. The van der Waals surface area contributed by atoms with Gasteiger partial charge in [0.05, 0.1) is 18.0 Å². The van der Waals surface area contributed by atoms with Gasteiger partial charge in [-0.15, -0.1) is 11.3 Å². The van der Waals surface area contributed by atoms with Crippen LogP contribution >= 0.6 is 11.3 Å². The van der Waals surface area contributed by atoms with E-state index in [4.69, 9.17) is 5.41 Å². The molecule has 3 atom stereocenters. The molecule has 1 aliphatic carbocycles. The third kappa shape index (κ3) is 2.38. The maximum atomic E-state index is 12.8. The first-order valence-corrected chi connectivity index (χ1v) is 9.08. The van der Waals surface area contributed by atoms with Crippen LogP contribution in [0.5, 0.6) is 0 Å². The van der Waals surface area contributed by atoms with Gasteiger partial charge in [0.15, 0.2) is 5.96 Å². The molecule has 3 heterocycles. The number of amides is 1. The van der Waals surface area contributed by atoms with Gasteiger partial charge in [-0.2, -0.15) is 0 Å². The van der Waals surface area contributed by atoms with Crippen LogP contribution in [0, 0.1) is 17.2 Å². The van der Waals surface area contributed by atoms with E-state index < -0.39 is 5.54 Å². The van der Waals surface area contributed by atoms with Crippen molar-refractivity contribution >= 4 is 35.8 Å². The number of rotatable bonds is 3. The van der Waals surface area contributed by atoms with Crippen molar-refractivity contribution in [2.45, 2.75) is 31.2 Å². The van der Waals surface area contributed by atoms with Crippen molar-refractivity contribution in [3.8, 4) is 0 Å². The number of aliphatic imine (C=N–C) groups is 2. The maximum Gasteiger partial charge on any atom is 0.235 e. The first kappa shape index (κ1) is 15.5. The summed E-state index contributed by atoms with van der Waals surface area (Å²) < 4.78 is 0. The zero-order valence-corrected chi connectivity index (χ0v) is 14.6. The standard InChI is InChI=1S/C17H21N5OS/c1-17(13-6-5-12(24-13)11-7-19-9-20-8-11)14(10-3-4-10)15(23)22(2)16(18)21-17/h5-7,9-11,14H,3-4,8H2,1-2H3,(H2,18,21)/t11?,14-,17-/m1/s1. The molecule has 0 aromatic carbocycles. The maximum absolute atomic E-state index is 12.8. The van der Waals surface area contributed by atoms with E-state index in [1.54, 1.807) is 24.7 Å². The predicted octanol–water partition coefficient (Wildman–Crippen LogP) is 2.18. The Bertz CT molecular complexity index is 750. The van der Waals surface area contributed by atoms with E-state index in [2.05, 4.69) is 34.4 Å². The van der Waals surface area contributed by atoms with Gasteiger partial charge in [-0.25, -0.2) is 4.99 Å². The average molecular weight is 343 g/mol. The number of carbonyl (C=O) groups is 1. The molecular formula is C17H21N5OS. The van der Waals surface area contributed by atoms with Crippen LogP contribution in [0.1, 0.15) is 35.4 Å². The molecule has 1 aromatic heterocycles. The molecule has 2 fully saturated rings. The second-order valence-electron chi connectivity index (χ2n) is 6.98. The minimum absolute atomic E-state index is 0.0579. The molecule has 2 aliphatic heterocycles. The van der Waals surface area contributed by atoms with Crippen molar-refractivity contribution in [3.63, 3.8) is 0 Å². The number of guanidine groups is 1. The highest BCUT2D eigenvalue weighted by molar-refractivity contribution is 7.12. The Morgan fingerprint density at radius 1 is 1.42 bits per heavy atom. The summed E-state index contributed by atoms with van der Waals surface area (Å²) >= 11 is 1.70. The molecule has 6 nitrogen and oxygen atoms in total. The van der Waals surface area contributed by atoms with Crippen molar-refractivity contribution in [2.24, 2.45) is 21.8 Å². The third-order valence-electron chi connectivity index (χ3n) is 5.25. The lowest BCUT2D eigenvalue weighted by Gasteiger charge is -2.45. The van der Waals surface area contributed by atoms with Gasteiger partial charge in [0.25, 0.3) is 0 Å². The first-order chi connectivity index (χ1) is 11.5. The fourth-order valence-electron chi connectivity index (χ4n) is 3.68. The van der Waals surface area contributed by atoms with E-state index in [1.807, 2.05) is 6.21 Å². The van der Waals surface area contributed by atoms with Crippen molar-refractivity contribution in [1.82, 2.24) is 10.2 Å². The van der Waals surface area contributed by atoms with Gasteiger partial charge in [0.2, 0.25) is 5.91 Å². The highest BCUT2D eigenvalue weighted by Crippen LogP contribution is 2.49. The summed E-state index contributed by atoms with van der Waals surface area (Å²) in [6.45, 7) is 2.79. The minimum Gasteiger partial charge on any atom is -0.345 e. The smallest absolute Gasteiger partial charge is 0.235 e. The van der Waals surface area contributed by atoms with Crippen molar-refractivity contribution in [3.05, 3.63) is 21.9 Å². The van der Waals surface area contributed by atoms with E-state index in [9.17, 15) is 4.79 Å². The van der Waals surface area contributed by atoms with Gasteiger partial charge in [-0.05, 0) is 37.8 Å². The number of carbonyl (C=O) groups excluding carboxylic acids is 1. The molecule has 7 heteroatoms. The molecule has 0 spiro atoms. The number of nitrogens with zero attached hydrogens (tertiary/aromatic N) is 3. The minimum atomic E-state index is -0.514. The van der Waals surface area contributed by atoms with Crippen molar-refractivity contribution in [2.75, 3.05) is 13.6 Å². The van der Waals surface area contributed by atoms with Crippen LogP contribution in [0.2, 0.25) is 0 Å². The molecule has 1 aromatic rings. The van der Waals surface area contributed by atoms with E-state index in [-0.39, 0.29) is 23.7 Å². The fourth-order valence-corrected chi connectivity index (χ4v) is 4.89. The molecular weight excluding hydrogens is 322 g/mol. The van der Waals surface area contributed by atoms with Gasteiger partial charge in [0, 0.05) is 28.9 Å². The molecule has 0 bridgehead atoms. The topological polar surface area (TPSA) is 80.9 Å². The molecule has 3 aliphatic rings. The predicted molar refractivity (Wildman–Crippen MR) is 96.1 cm³/mol. The summed E-state index contributed by atoms with van der Waals surface area (Å²) in [5, 5.41) is 11.5. The molecule has 1 amide bonds. The summed E-state index contributed by atoms with van der Waals surface area (Å²) in [5.41, 5.74) is -0.514. The van der Waals surface area contributed by atoms with Crippen LogP contribution in [0.3, 0.4) is 0 Å². The van der Waals surface area contributed by atoms with E-state index >= 15 is 0 Å². The summed E-state index contributed by atoms with van der Waals surface area (Å²) in [6.07, 6.45) is 5.71. The Morgan fingerprint density at radius 2 is 2.21 bits per heavy atom. The van der Waals surface area contributed by atoms with E-state index in [1.165, 1.54) is 9.78 Å². The number of hydrogen-bond donors (Lipinski definition) is 2. The molecule has 2 N–H and O–H groups in total. The number of hydrogen-bond acceptors (Lipinski definition) is 5. The van der Waals surface area contributed by atoms with Crippen LogP contribution in [-0.4, -0.2) is 42.9 Å². The second kappa shape index (κ2) is 5.51. The molecule has 1 saturated carbocycles. The highest BCUT2D eigenvalue weighted by atomic mass is 32.1. The van der Waals surface area contributed by atoms with Gasteiger partial charge in [-0.1, -0.05) is 0 Å². The van der Waals surface area contributed by atoms with E-state index in [0.29, 0.717) is 5.92 Å². The fraction of sp³-hybridized carbons (Fsp3) is 0.529. The van der Waals surface area contributed by atoms with E-state index in [0.717, 1.165) is 24.3 Å². The summed E-state index contributed by atoms with van der Waals surface area (Å²) in [6, 6.07) is 4.21. The number of thiophene rings is 1. The third-order valence-corrected chi connectivity index (χ3v) is 6.70. The van der Waals surface area contributed by atoms with Gasteiger partial charge in [0.1, 0.15) is 6.34 Å². The van der Waals surface area contributed by atoms with Crippen LogP contribution in [0.15, 0.2) is 22.1 Å². The Hall–Kier alpha value is -2.02. The largest absolute Gasteiger partial charge is 0.345 e. The number of nitrogens with one attached hydrogen (secondary N) is 2. The summed E-state index contributed by atoms with van der Waals surface area (Å²) in [5.74, 6) is 0.747. The monoisotopic (exact) mass is 343 g/mol. The summed E-state index contributed by atoms with van der Waals surface area (Å²) in [4.78, 5) is 25.0. The Morgan fingerprint density at radius 3 is 2.88 bits per heavy atom. The molecule has 0 radical (unpaired) electrons. The summed E-state index contributed by atoms with van der Waals surface area (Å²) in [7, 11) is 1.68. The SMILES string of the molecule is CN1C(=N)N[C@](C)(c2ccc(C3C=NC=NC3)s2)[C@H](C2CC2)C1=O. The average Bonchev–Trinajstić information content (AvgIpc) is 3.27. The Balaban J connectivity index is 1.69. The zero-order valence-electron chi connectivity index (χ0n) is 13.8. The lowest BCUT2D eigenvalue weighted by molar-refractivity contribution is -0.136. The van der Waals surface area contributed by atoms with Crippen LogP contribution in [0.4, 0.5) is 0 Å². The molecule has 24 heavy (non-hydrogen) atoms. The van der Waals surface area contributed by atoms with Crippen molar-refractivity contribution < 1.29 is 4.79 Å². The normalized spacial score (nSPS) is 33.0. The first-order valence-electron chi connectivity index (χ1n) is 8.27. The lowest BCUT2D eigenvalue weighted by atomic mass is 9.78. The van der Waals surface area contributed by atoms with Gasteiger partial charge < -0.3 is 5.32 Å². The Kier molecular flexibility index (Phi) is 3.56. The Labute approximate surface area is 145 Å². The quantitative estimate of drug-likeness (QED) is 0.882. The molecule has 4 rings (SSSR count). The molecule has 126 valence electrons. The molecule has 1 unspecified atom stereocenters. The van der Waals surface area contributed by atoms with Gasteiger partial charge >= 0.3 is 0 Å². The lowest BCUT2D eigenvalue weighted by Crippen LogP contribution is -2.64. The second-order valence-corrected chi connectivity index (χ2v) is 8.09. The highest BCUT2D eigenvalue weighted by Gasteiger charge is 2.54.